The monoisotopic (exact) mass is 425 g/mol. The molecule has 9 heteroatoms. The number of hydrogen-bond donors (Lipinski definition) is 0. The summed E-state index contributed by atoms with van der Waals surface area (Å²) in [5.41, 5.74) is 2.99. The molecule has 0 amide bonds. The Morgan fingerprint density at radius 3 is 2.62 bits per heavy atom. The molecule has 144 valence electrons. The molecule has 0 saturated heterocycles. The molecule has 29 heavy (non-hydrogen) atoms. The van der Waals surface area contributed by atoms with Crippen LogP contribution in [0.1, 0.15) is 11.3 Å². The molecule has 0 fully saturated rings. The number of aliphatic carboxylic acids is 1. The summed E-state index contributed by atoms with van der Waals surface area (Å²) < 4.78 is 7.24. The van der Waals surface area contributed by atoms with E-state index in [1.165, 1.54) is 6.33 Å². The number of nitrogens with zero attached hydrogens (tertiary/aromatic N) is 3. The molecule has 0 atom stereocenters. The fraction of sp³-hybridized carbons (Fsp3) is 0.150. The van der Waals surface area contributed by atoms with E-state index in [1.54, 1.807) is 19.2 Å². The number of methoxy groups -OCH3 is 1. The van der Waals surface area contributed by atoms with Crippen LogP contribution in [0, 0.1) is 6.92 Å². The van der Waals surface area contributed by atoms with Gasteiger partial charge in [-0.25, -0.2) is 9.97 Å². The van der Waals surface area contributed by atoms with Gasteiger partial charge in [-0.05, 0) is 48.9 Å². The predicted molar refractivity (Wildman–Crippen MR) is 111 cm³/mol. The zero-order valence-electron chi connectivity index (χ0n) is 15.8. The van der Waals surface area contributed by atoms with Crippen LogP contribution in [0.4, 0.5) is 0 Å². The van der Waals surface area contributed by atoms with Gasteiger partial charge in [0.05, 0.1) is 18.1 Å². The van der Waals surface area contributed by atoms with Gasteiger partial charge in [0, 0.05) is 33.9 Å². The third kappa shape index (κ3) is 3.93. The van der Waals surface area contributed by atoms with Crippen molar-refractivity contribution in [3.63, 3.8) is 0 Å². The maximum absolute atomic E-state index is 11.3. The Labute approximate surface area is 182 Å². The SMILES string of the molecule is COc1ccc2c(c1)c(CC(=O)[O-])c(C)n2-c1ncnc2cc(Cl)ccc12.O.[Al+3]. The van der Waals surface area contributed by atoms with Gasteiger partial charge >= 0.3 is 17.4 Å². The van der Waals surface area contributed by atoms with E-state index in [0.29, 0.717) is 27.7 Å². The minimum absolute atomic E-state index is 0. The Hall–Kier alpha value is -2.63. The van der Waals surface area contributed by atoms with Crippen molar-refractivity contribution < 1.29 is 20.1 Å². The number of carbonyl (C=O) groups is 1. The second-order valence-electron chi connectivity index (χ2n) is 6.19. The first-order valence-corrected chi connectivity index (χ1v) is 8.66. The summed E-state index contributed by atoms with van der Waals surface area (Å²) in [5, 5.41) is 13.5. The first-order valence-electron chi connectivity index (χ1n) is 8.28. The van der Waals surface area contributed by atoms with E-state index in [-0.39, 0.29) is 29.3 Å². The Balaban J connectivity index is 0.00000150. The van der Waals surface area contributed by atoms with Crippen molar-refractivity contribution in [2.24, 2.45) is 0 Å². The Morgan fingerprint density at radius 1 is 1.17 bits per heavy atom. The van der Waals surface area contributed by atoms with Crippen molar-refractivity contribution in [2.75, 3.05) is 7.11 Å². The molecule has 0 aliphatic rings. The summed E-state index contributed by atoms with van der Waals surface area (Å²) in [6.45, 7) is 1.87. The van der Waals surface area contributed by atoms with Crippen LogP contribution in [0.3, 0.4) is 0 Å². The van der Waals surface area contributed by atoms with Gasteiger partial charge in [0.15, 0.2) is 0 Å². The second-order valence-corrected chi connectivity index (χ2v) is 6.63. The van der Waals surface area contributed by atoms with E-state index in [9.17, 15) is 9.90 Å². The maximum atomic E-state index is 11.3. The van der Waals surface area contributed by atoms with E-state index in [2.05, 4.69) is 9.97 Å². The van der Waals surface area contributed by atoms with Crippen LogP contribution in [-0.4, -0.2) is 50.5 Å². The molecule has 0 saturated carbocycles. The Bertz CT molecular complexity index is 1210. The first kappa shape index (κ1) is 22.7. The normalized spacial score (nSPS) is 10.4. The van der Waals surface area contributed by atoms with Crippen LogP contribution in [0.25, 0.3) is 27.6 Å². The Morgan fingerprint density at radius 2 is 1.93 bits per heavy atom. The minimum Gasteiger partial charge on any atom is -0.550 e. The summed E-state index contributed by atoms with van der Waals surface area (Å²) in [6.07, 6.45) is 1.28. The number of carboxylic acid groups (broad SMARTS) is 1. The molecule has 7 nitrogen and oxygen atoms in total. The maximum Gasteiger partial charge on any atom is 3.00 e. The van der Waals surface area contributed by atoms with Crippen molar-refractivity contribution in [1.82, 2.24) is 14.5 Å². The van der Waals surface area contributed by atoms with Crippen LogP contribution in [-0.2, 0) is 11.2 Å². The average Bonchev–Trinajstić information content (AvgIpc) is 2.91. The van der Waals surface area contributed by atoms with Crippen molar-refractivity contribution >= 4 is 56.7 Å². The zero-order chi connectivity index (χ0) is 19.1. The quantitative estimate of drug-likeness (QED) is 0.461. The molecule has 2 N–H and O–H groups in total. The van der Waals surface area contributed by atoms with Gasteiger partial charge in [-0.15, -0.1) is 0 Å². The van der Waals surface area contributed by atoms with Crippen molar-refractivity contribution in [3.8, 4) is 11.6 Å². The Kier molecular flexibility index (Phi) is 6.88. The number of rotatable bonds is 4. The third-order valence-electron chi connectivity index (χ3n) is 4.65. The molecule has 0 aliphatic carbocycles. The number of fused-ring (bicyclic) bond motifs is 2. The number of ether oxygens (including phenoxy) is 1. The second kappa shape index (κ2) is 8.81. The number of hydrogen-bond acceptors (Lipinski definition) is 5. The van der Waals surface area contributed by atoms with Gasteiger partial charge in [0.2, 0.25) is 0 Å². The van der Waals surface area contributed by atoms with Crippen LogP contribution < -0.4 is 9.84 Å². The molecule has 2 aromatic carbocycles. The van der Waals surface area contributed by atoms with Gasteiger partial charge in [0.1, 0.15) is 17.9 Å². The smallest absolute Gasteiger partial charge is 0.550 e. The molecule has 4 aromatic rings. The summed E-state index contributed by atoms with van der Waals surface area (Å²) in [7, 11) is 1.57. The van der Waals surface area contributed by atoms with E-state index in [0.717, 1.165) is 22.0 Å². The fourth-order valence-electron chi connectivity index (χ4n) is 3.42. The van der Waals surface area contributed by atoms with Gasteiger partial charge in [-0.2, -0.15) is 0 Å². The zero-order valence-corrected chi connectivity index (χ0v) is 17.7. The molecular weight excluding hydrogens is 409 g/mol. The molecule has 0 unspecified atom stereocenters. The van der Waals surface area contributed by atoms with E-state index in [1.807, 2.05) is 35.8 Å². The number of aromatic nitrogens is 3. The van der Waals surface area contributed by atoms with E-state index in [4.69, 9.17) is 16.3 Å². The summed E-state index contributed by atoms with van der Waals surface area (Å²) in [5.74, 6) is 0.173. The topological polar surface area (TPSA) is 112 Å². The molecule has 0 radical (unpaired) electrons. The molecule has 0 bridgehead atoms. The minimum atomic E-state index is -1.14. The molecule has 2 aromatic heterocycles. The van der Waals surface area contributed by atoms with Crippen LogP contribution in [0.15, 0.2) is 42.7 Å². The number of halogens is 1. The average molecular weight is 426 g/mol. The molecule has 0 spiro atoms. The molecule has 2 heterocycles. The summed E-state index contributed by atoms with van der Waals surface area (Å²) >= 11 is 6.08. The van der Waals surface area contributed by atoms with E-state index >= 15 is 0 Å². The van der Waals surface area contributed by atoms with Gasteiger partial charge < -0.3 is 20.1 Å². The predicted octanol–water partition coefficient (Wildman–Crippen LogP) is 1.63. The summed E-state index contributed by atoms with van der Waals surface area (Å²) in [6, 6.07) is 11.0. The standard InChI is InChI=1S/C20H16ClN3O3.Al.H2O/c1-11-15(9-19(25)26)16-8-13(27-2)4-6-18(16)24(11)20-14-5-3-12(21)7-17(14)22-10-23-20;;/h3-8,10H,9H2,1-2H3,(H,25,26);;1H2/q;+3;/p-1. The largest absolute Gasteiger partial charge is 3.00 e. The number of benzene rings is 2. The molecule has 0 aliphatic heterocycles. The first-order chi connectivity index (χ1) is 13.0. The van der Waals surface area contributed by atoms with Crippen molar-refractivity contribution in [3.05, 3.63) is 59.0 Å². The van der Waals surface area contributed by atoms with Gasteiger partial charge in [-0.3, -0.25) is 4.57 Å². The van der Waals surface area contributed by atoms with Crippen LogP contribution in [0.5, 0.6) is 5.75 Å². The number of carboxylic acids is 1. The summed E-state index contributed by atoms with van der Waals surface area (Å²) in [4.78, 5) is 20.1. The number of carbonyl (C=O) groups excluding carboxylic acids is 1. The van der Waals surface area contributed by atoms with Crippen molar-refractivity contribution in [2.45, 2.75) is 13.3 Å². The van der Waals surface area contributed by atoms with Gasteiger partial charge in [-0.1, -0.05) is 11.6 Å². The third-order valence-corrected chi connectivity index (χ3v) is 4.89. The molecular formula is C20H17AlClN3O4+2. The van der Waals surface area contributed by atoms with E-state index < -0.39 is 5.97 Å². The van der Waals surface area contributed by atoms with Gasteiger partial charge in [0.25, 0.3) is 0 Å². The fourth-order valence-corrected chi connectivity index (χ4v) is 3.59. The molecule has 4 rings (SSSR count). The van der Waals surface area contributed by atoms with Crippen LogP contribution >= 0.6 is 11.6 Å². The van der Waals surface area contributed by atoms with Crippen LogP contribution in [0.2, 0.25) is 5.02 Å². The van der Waals surface area contributed by atoms with Crippen molar-refractivity contribution in [1.29, 1.82) is 0 Å².